The molecule has 1 aromatic carbocycles. The van der Waals surface area contributed by atoms with Crippen molar-refractivity contribution in [3.8, 4) is 11.5 Å². The van der Waals surface area contributed by atoms with Gasteiger partial charge in [-0.05, 0) is 12.5 Å². The molecule has 0 aliphatic carbocycles. The molecule has 5 nitrogen and oxygen atoms in total. The number of phenolic OH excluding ortho intramolecular Hbond substituents is 1. The van der Waals surface area contributed by atoms with E-state index in [1.54, 1.807) is 12.1 Å². The zero-order valence-corrected chi connectivity index (χ0v) is 13.2. The summed E-state index contributed by atoms with van der Waals surface area (Å²) >= 11 is 6.02. The molecule has 2 aromatic rings. The molecule has 0 unspecified atom stereocenters. The van der Waals surface area contributed by atoms with Crippen LogP contribution >= 0.6 is 11.6 Å². The molecule has 21 heavy (non-hydrogen) atoms. The number of methoxy groups -OCH3 is 1. The van der Waals surface area contributed by atoms with Crippen LogP contribution in [0.2, 0.25) is 5.02 Å². The lowest BCUT2D eigenvalue weighted by Crippen LogP contribution is -2.13. The summed E-state index contributed by atoms with van der Waals surface area (Å²) in [5.74, 6) is 0.506. The fourth-order valence-electron chi connectivity index (χ4n) is 2.28. The van der Waals surface area contributed by atoms with Crippen LogP contribution in [0.3, 0.4) is 0 Å². The number of phenols is 1. The van der Waals surface area contributed by atoms with Gasteiger partial charge in [0.15, 0.2) is 11.5 Å². The zero-order valence-electron chi connectivity index (χ0n) is 12.5. The highest BCUT2D eigenvalue weighted by molar-refractivity contribution is 6.30. The van der Waals surface area contributed by atoms with Crippen LogP contribution in [-0.4, -0.2) is 22.0 Å². The molecule has 0 radical (unpaired) electrons. The van der Waals surface area contributed by atoms with Gasteiger partial charge in [-0.25, -0.2) is 0 Å². The first-order chi connectivity index (χ1) is 10.0. The van der Waals surface area contributed by atoms with E-state index in [0.29, 0.717) is 29.4 Å². The van der Waals surface area contributed by atoms with E-state index in [4.69, 9.17) is 16.3 Å². The van der Waals surface area contributed by atoms with E-state index < -0.39 is 0 Å². The summed E-state index contributed by atoms with van der Waals surface area (Å²) in [7, 11) is 3.42. The van der Waals surface area contributed by atoms with Crippen molar-refractivity contribution >= 4 is 11.6 Å². The number of nitrogens with one attached hydrogen (secondary N) is 1. The van der Waals surface area contributed by atoms with Gasteiger partial charge in [-0.3, -0.25) is 4.68 Å². The minimum absolute atomic E-state index is 0.122. The van der Waals surface area contributed by atoms with E-state index in [9.17, 15) is 5.11 Å². The predicted octanol–water partition coefficient (Wildman–Crippen LogP) is 2.64. The summed E-state index contributed by atoms with van der Waals surface area (Å²) in [6, 6.07) is 3.33. The lowest BCUT2D eigenvalue weighted by Gasteiger charge is -2.11. The molecule has 114 valence electrons. The number of hydrogen-bond acceptors (Lipinski definition) is 4. The number of hydrogen-bond donors (Lipinski definition) is 2. The summed E-state index contributed by atoms with van der Waals surface area (Å²) in [6.07, 6.45) is 2.90. The average molecular weight is 310 g/mol. The number of nitrogens with zero attached hydrogens (tertiary/aromatic N) is 2. The molecule has 2 N–H and O–H groups in total. The van der Waals surface area contributed by atoms with E-state index in [0.717, 1.165) is 17.7 Å². The number of halogens is 1. The van der Waals surface area contributed by atoms with Gasteiger partial charge in [-0.2, -0.15) is 5.10 Å². The van der Waals surface area contributed by atoms with Gasteiger partial charge in [0.2, 0.25) is 0 Å². The Balaban J connectivity index is 2.05. The Bertz CT molecular complexity index is 626. The molecule has 0 amide bonds. The second-order valence-corrected chi connectivity index (χ2v) is 5.28. The van der Waals surface area contributed by atoms with Crippen LogP contribution in [-0.2, 0) is 26.6 Å². The van der Waals surface area contributed by atoms with Gasteiger partial charge in [0.05, 0.1) is 12.8 Å². The minimum Gasteiger partial charge on any atom is -0.504 e. The van der Waals surface area contributed by atoms with Crippen LogP contribution in [0, 0.1) is 0 Å². The SMILES string of the molecule is CCc1nn(C)cc1CNCc1cc(Cl)cc(OC)c1O. The van der Waals surface area contributed by atoms with Crippen molar-refractivity contribution < 1.29 is 9.84 Å². The van der Waals surface area contributed by atoms with E-state index in [1.807, 2.05) is 17.9 Å². The van der Waals surface area contributed by atoms with Crippen LogP contribution in [0.15, 0.2) is 18.3 Å². The van der Waals surface area contributed by atoms with E-state index in [-0.39, 0.29) is 5.75 Å². The standard InChI is InChI=1S/C15H20ClN3O2/c1-4-13-11(9-19(2)18-13)8-17-7-10-5-12(16)6-14(21-3)15(10)20/h5-6,9,17,20H,4,7-8H2,1-3H3. The molecule has 0 saturated carbocycles. The van der Waals surface area contributed by atoms with Gasteiger partial charge in [-0.1, -0.05) is 18.5 Å². The monoisotopic (exact) mass is 309 g/mol. The van der Waals surface area contributed by atoms with Crippen molar-refractivity contribution in [3.63, 3.8) is 0 Å². The summed E-state index contributed by atoms with van der Waals surface area (Å²) in [6.45, 7) is 3.27. The van der Waals surface area contributed by atoms with Crippen LogP contribution < -0.4 is 10.1 Å². The molecule has 2 rings (SSSR count). The van der Waals surface area contributed by atoms with E-state index >= 15 is 0 Å². The molecular formula is C15H20ClN3O2. The topological polar surface area (TPSA) is 59.3 Å². The van der Waals surface area contributed by atoms with Crippen molar-refractivity contribution in [1.82, 2.24) is 15.1 Å². The molecule has 6 heteroatoms. The third-order valence-corrected chi connectivity index (χ3v) is 3.51. The van der Waals surface area contributed by atoms with Gasteiger partial charge >= 0.3 is 0 Å². The summed E-state index contributed by atoms with van der Waals surface area (Å²) in [5.41, 5.74) is 2.95. The Morgan fingerprint density at radius 1 is 1.33 bits per heavy atom. The summed E-state index contributed by atoms with van der Waals surface area (Å²) < 4.78 is 6.91. The van der Waals surface area contributed by atoms with Gasteiger partial charge < -0.3 is 15.2 Å². The van der Waals surface area contributed by atoms with Gasteiger partial charge in [0.25, 0.3) is 0 Å². The third-order valence-electron chi connectivity index (χ3n) is 3.30. The lowest BCUT2D eigenvalue weighted by atomic mass is 10.1. The molecular weight excluding hydrogens is 290 g/mol. The molecule has 0 atom stereocenters. The largest absolute Gasteiger partial charge is 0.504 e. The first-order valence-corrected chi connectivity index (χ1v) is 7.20. The van der Waals surface area contributed by atoms with Crippen LogP contribution in [0.5, 0.6) is 11.5 Å². The number of benzene rings is 1. The van der Waals surface area contributed by atoms with Crippen molar-refractivity contribution in [2.75, 3.05) is 7.11 Å². The minimum atomic E-state index is 0.122. The highest BCUT2D eigenvalue weighted by Gasteiger charge is 2.10. The highest BCUT2D eigenvalue weighted by atomic mass is 35.5. The Morgan fingerprint density at radius 2 is 2.05 bits per heavy atom. The number of aromatic hydroxyl groups is 1. The zero-order chi connectivity index (χ0) is 15.4. The van der Waals surface area contributed by atoms with Gasteiger partial charge in [0.1, 0.15) is 0 Å². The first kappa shape index (κ1) is 15.7. The van der Waals surface area contributed by atoms with Crippen LogP contribution in [0.1, 0.15) is 23.7 Å². The fourth-order valence-corrected chi connectivity index (χ4v) is 2.51. The van der Waals surface area contributed by atoms with Crippen LogP contribution in [0.25, 0.3) is 0 Å². The number of aromatic nitrogens is 2. The average Bonchev–Trinajstić information content (AvgIpc) is 2.82. The van der Waals surface area contributed by atoms with E-state index in [2.05, 4.69) is 17.3 Å². The molecule has 0 fully saturated rings. The van der Waals surface area contributed by atoms with Crippen molar-refractivity contribution in [2.45, 2.75) is 26.4 Å². The van der Waals surface area contributed by atoms with Gasteiger partial charge in [0, 0.05) is 48.5 Å². The molecule has 0 saturated heterocycles. The van der Waals surface area contributed by atoms with Crippen molar-refractivity contribution in [2.24, 2.45) is 7.05 Å². The number of ether oxygens (including phenoxy) is 1. The number of rotatable bonds is 6. The predicted molar refractivity (Wildman–Crippen MR) is 82.8 cm³/mol. The third kappa shape index (κ3) is 3.68. The van der Waals surface area contributed by atoms with Crippen molar-refractivity contribution in [3.05, 3.63) is 40.2 Å². The van der Waals surface area contributed by atoms with E-state index in [1.165, 1.54) is 7.11 Å². The normalized spacial score (nSPS) is 10.9. The van der Waals surface area contributed by atoms with Crippen molar-refractivity contribution in [1.29, 1.82) is 0 Å². The molecule has 0 spiro atoms. The molecule has 0 aliphatic rings. The Hall–Kier alpha value is -1.72. The second-order valence-electron chi connectivity index (χ2n) is 4.85. The molecule has 0 aliphatic heterocycles. The Kier molecular flexibility index (Phi) is 5.09. The molecule has 1 aromatic heterocycles. The quantitative estimate of drug-likeness (QED) is 0.861. The summed E-state index contributed by atoms with van der Waals surface area (Å²) in [4.78, 5) is 0. The Morgan fingerprint density at radius 3 is 2.71 bits per heavy atom. The lowest BCUT2D eigenvalue weighted by molar-refractivity contribution is 0.369. The Labute approximate surface area is 129 Å². The summed E-state index contributed by atoms with van der Waals surface area (Å²) in [5, 5.41) is 18.3. The van der Waals surface area contributed by atoms with Crippen LogP contribution in [0.4, 0.5) is 0 Å². The maximum Gasteiger partial charge on any atom is 0.162 e. The van der Waals surface area contributed by atoms with Gasteiger partial charge in [-0.15, -0.1) is 0 Å². The molecule has 0 bridgehead atoms. The number of aryl methyl sites for hydroxylation is 2. The smallest absolute Gasteiger partial charge is 0.162 e. The molecule has 1 heterocycles. The maximum atomic E-state index is 10.1. The highest BCUT2D eigenvalue weighted by Crippen LogP contribution is 2.33. The maximum absolute atomic E-state index is 10.1. The fraction of sp³-hybridized carbons (Fsp3) is 0.400. The second kappa shape index (κ2) is 6.83. The first-order valence-electron chi connectivity index (χ1n) is 6.82.